The van der Waals surface area contributed by atoms with Crippen LogP contribution in [0.5, 0.6) is 0 Å². The van der Waals surface area contributed by atoms with Crippen LogP contribution in [-0.4, -0.2) is 38.5 Å². The largest absolute Gasteiger partial charge is 0.376 e. The highest BCUT2D eigenvalue weighted by Gasteiger charge is 2.16. The molecular formula is C15H31NO2. The van der Waals surface area contributed by atoms with Crippen LogP contribution in [0.15, 0.2) is 0 Å². The summed E-state index contributed by atoms with van der Waals surface area (Å²) in [4.78, 5) is 0. The number of hydrogen-bond acceptors (Lipinski definition) is 3. The molecule has 1 saturated heterocycles. The van der Waals surface area contributed by atoms with Crippen LogP contribution in [0.3, 0.4) is 0 Å². The van der Waals surface area contributed by atoms with E-state index in [1.807, 2.05) is 0 Å². The first kappa shape index (κ1) is 15.9. The fraction of sp³-hybridized carbons (Fsp3) is 1.00. The Morgan fingerprint density at radius 3 is 2.72 bits per heavy atom. The molecule has 0 radical (unpaired) electrons. The molecule has 0 aromatic carbocycles. The molecule has 0 aliphatic carbocycles. The molecule has 0 amide bonds. The van der Waals surface area contributed by atoms with Crippen LogP contribution in [0.4, 0.5) is 0 Å². The summed E-state index contributed by atoms with van der Waals surface area (Å²) in [6.45, 7) is 10.4. The average Bonchev–Trinajstić information content (AvgIpc) is 2.37. The van der Waals surface area contributed by atoms with Crippen LogP contribution in [-0.2, 0) is 9.47 Å². The van der Waals surface area contributed by atoms with Crippen molar-refractivity contribution >= 4 is 0 Å². The van der Waals surface area contributed by atoms with Crippen LogP contribution in [0, 0.1) is 5.92 Å². The predicted molar refractivity (Wildman–Crippen MR) is 75.9 cm³/mol. The van der Waals surface area contributed by atoms with Gasteiger partial charge >= 0.3 is 0 Å². The van der Waals surface area contributed by atoms with E-state index >= 15 is 0 Å². The van der Waals surface area contributed by atoms with Crippen LogP contribution in [0.25, 0.3) is 0 Å². The van der Waals surface area contributed by atoms with E-state index in [1.165, 1.54) is 19.3 Å². The lowest BCUT2D eigenvalue weighted by molar-refractivity contribution is -0.0640. The molecule has 2 unspecified atom stereocenters. The van der Waals surface area contributed by atoms with Gasteiger partial charge in [0.15, 0.2) is 0 Å². The molecule has 0 bridgehead atoms. The Bertz CT molecular complexity index is 191. The van der Waals surface area contributed by atoms with E-state index in [9.17, 15) is 0 Å². The van der Waals surface area contributed by atoms with Crippen LogP contribution >= 0.6 is 0 Å². The molecule has 1 aliphatic rings. The van der Waals surface area contributed by atoms with Crippen molar-refractivity contribution in [2.24, 2.45) is 5.92 Å². The smallest absolute Gasteiger partial charge is 0.0808 e. The van der Waals surface area contributed by atoms with Gasteiger partial charge in [-0.1, -0.05) is 27.2 Å². The summed E-state index contributed by atoms with van der Waals surface area (Å²) in [5.74, 6) is 0.703. The SMILES string of the molecule is CCCC(CNCC(C)C)OCC1CCCCO1. The molecule has 3 heteroatoms. The third-order valence-corrected chi connectivity index (χ3v) is 3.33. The van der Waals surface area contributed by atoms with Crippen molar-refractivity contribution in [2.75, 3.05) is 26.3 Å². The van der Waals surface area contributed by atoms with Crippen molar-refractivity contribution < 1.29 is 9.47 Å². The fourth-order valence-corrected chi connectivity index (χ4v) is 2.28. The lowest BCUT2D eigenvalue weighted by Crippen LogP contribution is -2.34. The van der Waals surface area contributed by atoms with Crippen molar-refractivity contribution in [1.82, 2.24) is 5.32 Å². The van der Waals surface area contributed by atoms with Gasteiger partial charge < -0.3 is 14.8 Å². The molecule has 0 aromatic heterocycles. The Balaban J connectivity index is 2.15. The van der Waals surface area contributed by atoms with E-state index in [1.54, 1.807) is 0 Å². The van der Waals surface area contributed by atoms with Gasteiger partial charge in [-0.2, -0.15) is 0 Å². The van der Waals surface area contributed by atoms with E-state index in [2.05, 4.69) is 26.1 Å². The quantitative estimate of drug-likeness (QED) is 0.689. The standard InChI is InChI=1S/C15H31NO2/c1-4-7-14(11-16-10-13(2)3)18-12-15-8-5-6-9-17-15/h13-16H,4-12H2,1-3H3. The molecule has 0 spiro atoms. The Morgan fingerprint density at radius 1 is 1.28 bits per heavy atom. The Labute approximate surface area is 113 Å². The number of nitrogens with one attached hydrogen (secondary N) is 1. The minimum absolute atomic E-state index is 0.336. The van der Waals surface area contributed by atoms with Gasteiger partial charge in [0, 0.05) is 13.2 Å². The third kappa shape index (κ3) is 7.34. The highest BCUT2D eigenvalue weighted by Crippen LogP contribution is 2.14. The normalized spacial score (nSPS) is 22.3. The van der Waals surface area contributed by atoms with Crippen molar-refractivity contribution in [1.29, 1.82) is 0 Å². The van der Waals surface area contributed by atoms with Crippen LogP contribution in [0.1, 0.15) is 52.9 Å². The van der Waals surface area contributed by atoms with E-state index < -0.39 is 0 Å². The average molecular weight is 257 g/mol. The summed E-state index contributed by atoms with van der Waals surface area (Å²) in [6.07, 6.45) is 6.67. The van der Waals surface area contributed by atoms with Gasteiger partial charge in [0.1, 0.15) is 0 Å². The highest BCUT2D eigenvalue weighted by molar-refractivity contribution is 4.67. The van der Waals surface area contributed by atoms with Gasteiger partial charge in [-0.25, -0.2) is 0 Å². The van der Waals surface area contributed by atoms with Crippen LogP contribution in [0.2, 0.25) is 0 Å². The Hall–Kier alpha value is -0.120. The van der Waals surface area contributed by atoms with E-state index in [-0.39, 0.29) is 0 Å². The van der Waals surface area contributed by atoms with Gasteiger partial charge in [0.25, 0.3) is 0 Å². The lowest BCUT2D eigenvalue weighted by atomic mass is 10.1. The zero-order chi connectivity index (χ0) is 13.2. The molecule has 1 fully saturated rings. The predicted octanol–water partition coefficient (Wildman–Crippen LogP) is 2.99. The Kier molecular flexibility index (Phi) is 8.64. The molecule has 2 atom stereocenters. The van der Waals surface area contributed by atoms with Crippen LogP contribution < -0.4 is 5.32 Å². The summed E-state index contributed by atoms with van der Waals surface area (Å²) in [7, 11) is 0. The maximum absolute atomic E-state index is 6.02. The first-order chi connectivity index (χ1) is 8.72. The maximum Gasteiger partial charge on any atom is 0.0808 e. The van der Waals surface area contributed by atoms with Gasteiger partial charge in [-0.3, -0.25) is 0 Å². The number of hydrogen-bond donors (Lipinski definition) is 1. The summed E-state index contributed by atoms with van der Waals surface area (Å²) in [5, 5.41) is 3.49. The zero-order valence-corrected chi connectivity index (χ0v) is 12.4. The molecule has 0 aromatic rings. The minimum Gasteiger partial charge on any atom is -0.376 e. The topological polar surface area (TPSA) is 30.5 Å². The summed E-state index contributed by atoms with van der Waals surface area (Å²) >= 11 is 0. The monoisotopic (exact) mass is 257 g/mol. The van der Waals surface area contributed by atoms with Crippen molar-refractivity contribution in [2.45, 2.75) is 65.1 Å². The molecular weight excluding hydrogens is 226 g/mol. The van der Waals surface area contributed by atoms with Crippen molar-refractivity contribution in [3.05, 3.63) is 0 Å². The number of ether oxygens (including phenoxy) is 2. The second-order valence-electron chi connectivity index (χ2n) is 5.78. The first-order valence-electron chi connectivity index (χ1n) is 7.66. The second-order valence-corrected chi connectivity index (χ2v) is 5.78. The summed E-state index contributed by atoms with van der Waals surface area (Å²) in [5.41, 5.74) is 0. The van der Waals surface area contributed by atoms with Gasteiger partial charge in [-0.05, 0) is 38.1 Å². The van der Waals surface area contributed by atoms with Crippen molar-refractivity contribution in [3.8, 4) is 0 Å². The van der Waals surface area contributed by atoms with E-state index in [0.717, 1.165) is 39.1 Å². The molecule has 1 aliphatic heterocycles. The third-order valence-electron chi connectivity index (χ3n) is 3.33. The molecule has 3 nitrogen and oxygen atoms in total. The maximum atomic E-state index is 6.02. The summed E-state index contributed by atoms with van der Waals surface area (Å²) in [6, 6.07) is 0. The Morgan fingerprint density at radius 2 is 2.11 bits per heavy atom. The highest BCUT2D eigenvalue weighted by atomic mass is 16.5. The van der Waals surface area contributed by atoms with Gasteiger partial charge in [0.2, 0.25) is 0 Å². The first-order valence-corrected chi connectivity index (χ1v) is 7.66. The number of rotatable bonds is 9. The van der Waals surface area contributed by atoms with E-state index in [4.69, 9.17) is 9.47 Å². The molecule has 0 saturated carbocycles. The molecule has 108 valence electrons. The summed E-state index contributed by atoms with van der Waals surface area (Å²) < 4.78 is 11.7. The van der Waals surface area contributed by atoms with E-state index in [0.29, 0.717) is 18.1 Å². The van der Waals surface area contributed by atoms with Gasteiger partial charge in [0.05, 0.1) is 18.8 Å². The fourth-order valence-electron chi connectivity index (χ4n) is 2.28. The molecule has 1 heterocycles. The minimum atomic E-state index is 0.336. The van der Waals surface area contributed by atoms with Gasteiger partial charge in [-0.15, -0.1) is 0 Å². The zero-order valence-electron chi connectivity index (χ0n) is 12.4. The second kappa shape index (κ2) is 9.76. The molecule has 1 rings (SSSR count). The lowest BCUT2D eigenvalue weighted by Gasteiger charge is -2.25. The molecule has 1 N–H and O–H groups in total. The molecule has 18 heavy (non-hydrogen) atoms. The van der Waals surface area contributed by atoms with Crippen molar-refractivity contribution in [3.63, 3.8) is 0 Å².